The molecule has 1 atom stereocenters. The molecule has 1 aliphatic heterocycles. The largest absolute Gasteiger partial charge is 0.356 e. The van der Waals surface area contributed by atoms with Gasteiger partial charge in [-0.1, -0.05) is 30.3 Å². The van der Waals surface area contributed by atoms with Gasteiger partial charge in [0.1, 0.15) is 0 Å². The highest BCUT2D eigenvalue weighted by atomic mass is 16.1. The number of hydrogen-bond donors (Lipinski definition) is 2. The van der Waals surface area contributed by atoms with E-state index in [0.717, 1.165) is 19.5 Å². The number of benzene rings is 1. The summed E-state index contributed by atoms with van der Waals surface area (Å²) in [7, 11) is 0. The van der Waals surface area contributed by atoms with E-state index in [-0.39, 0.29) is 11.9 Å². The van der Waals surface area contributed by atoms with E-state index in [4.69, 9.17) is 0 Å². The number of carbonyl (C=O) groups excluding carboxylic acids is 1. The highest BCUT2D eigenvalue weighted by Crippen LogP contribution is 2.16. The van der Waals surface area contributed by atoms with Crippen LogP contribution in [0.25, 0.3) is 0 Å². The summed E-state index contributed by atoms with van der Waals surface area (Å²) in [5.74, 6) is 0.135. The molecule has 0 bridgehead atoms. The lowest BCUT2D eigenvalue weighted by Gasteiger charge is -2.21. The molecular formula is C12H16N2O. The van der Waals surface area contributed by atoms with Gasteiger partial charge in [-0.05, 0) is 18.5 Å². The van der Waals surface area contributed by atoms with Crippen molar-refractivity contribution in [3.05, 3.63) is 35.9 Å². The molecule has 1 aromatic rings. The standard InChI is InChI=1S/C12H16N2O/c15-12-9-11(13-7-4-8-14-12)10-5-2-1-3-6-10/h1-3,5-6,11,13H,4,7-9H2,(H,14,15)/t11-/m0/s1. The lowest BCUT2D eigenvalue weighted by Crippen LogP contribution is -2.36. The fourth-order valence-corrected chi connectivity index (χ4v) is 1.84. The summed E-state index contributed by atoms with van der Waals surface area (Å²) < 4.78 is 0. The van der Waals surface area contributed by atoms with Gasteiger partial charge in [-0.2, -0.15) is 0 Å². The molecule has 80 valence electrons. The fraction of sp³-hybridized carbons (Fsp3) is 0.417. The predicted octanol–water partition coefficient (Wildman–Crippen LogP) is 1.23. The Labute approximate surface area is 89.9 Å². The fourth-order valence-electron chi connectivity index (χ4n) is 1.84. The van der Waals surface area contributed by atoms with Crippen molar-refractivity contribution in [3.63, 3.8) is 0 Å². The van der Waals surface area contributed by atoms with Gasteiger partial charge in [0.15, 0.2) is 0 Å². The van der Waals surface area contributed by atoms with Crippen molar-refractivity contribution < 1.29 is 4.79 Å². The number of carbonyl (C=O) groups is 1. The van der Waals surface area contributed by atoms with Crippen LogP contribution in [0.4, 0.5) is 0 Å². The smallest absolute Gasteiger partial charge is 0.221 e. The van der Waals surface area contributed by atoms with E-state index in [0.29, 0.717) is 6.42 Å². The Bertz CT molecular complexity index is 324. The van der Waals surface area contributed by atoms with E-state index < -0.39 is 0 Å². The lowest BCUT2D eigenvalue weighted by molar-refractivity contribution is -0.121. The van der Waals surface area contributed by atoms with E-state index >= 15 is 0 Å². The molecule has 1 fully saturated rings. The van der Waals surface area contributed by atoms with Crippen LogP contribution in [0, 0.1) is 0 Å². The van der Waals surface area contributed by atoms with Crippen molar-refractivity contribution in [1.82, 2.24) is 10.6 Å². The van der Waals surface area contributed by atoms with Gasteiger partial charge in [-0.25, -0.2) is 0 Å². The Hall–Kier alpha value is -1.35. The SMILES string of the molecule is O=C1C[C@@H](c2ccccc2)NCCCN1. The van der Waals surface area contributed by atoms with Crippen molar-refractivity contribution in [3.8, 4) is 0 Å². The van der Waals surface area contributed by atoms with E-state index in [1.807, 2.05) is 18.2 Å². The maximum atomic E-state index is 11.5. The van der Waals surface area contributed by atoms with Crippen molar-refractivity contribution >= 4 is 5.91 Å². The number of nitrogens with one attached hydrogen (secondary N) is 2. The predicted molar refractivity (Wildman–Crippen MR) is 59.4 cm³/mol. The van der Waals surface area contributed by atoms with Gasteiger partial charge in [-0.15, -0.1) is 0 Å². The molecule has 0 saturated carbocycles. The van der Waals surface area contributed by atoms with E-state index in [1.54, 1.807) is 0 Å². The molecule has 1 aromatic carbocycles. The van der Waals surface area contributed by atoms with Crippen LogP contribution >= 0.6 is 0 Å². The third kappa shape index (κ3) is 2.80. The first-order valence-electron chi connectivity index (χ1n) is 5.41. The van der Waals surface area contributed by atoms with Gasteiger partial charge >= 0.3 is 0 Å². The molecule has 2 rings (SSSR count). The molecular weight excluding hydrogens is 188 g/mol. The van der Waals surface area contributed by atoms with Crippen molar-refractivity contribution in [2.45, 2.75) is 18.9 Å². The molecule has 3 heteroatoms. The Balaban J connectivity index is 2.09. The average molecular weight is 204 g/mol. The first-order chi connectivity index (χ1) is 7.36. The normalized spacial score (nSPS) is 22.7. The minimum atomic E-state index is 0.135. The minimum Gasteiger partial charge on any atom is -0.356 e. The topological polar surface area (TPSA) is 41.1 Å². The van der Waals surface area contributed by atoms with Gasteiger partial charge in [-0.3, -0.25) is 4.79 Å². The van der Waals surface area contributed by atoms with E-state index in [1.165, 1.54) is 5.56 Å². The molecule has 2 N–H and O–H groups in total. The average Bonchev–Trinajstić information content (AvgIpc) is 2.24. The number of amides is 1. The van der Waals surface area contributed by atoms with E-state index in [2.05, 4.69) is 22.8 Å². The minimum absolute atomic E-state index is 0.135. The first-order valence-corrected chi connectivity index (χ1v) is 5.41. The third-order valence-corrected chi connectivity index (χ3v) is 2.66. The maximum Gasteiger partial charge on any atom is 0.221 e. The van der Waals surface area contributed by atoms with Crippen LogP contribution in [0.5, 0.6) is 0 Å². The summed E-state index contributed by atoms with van der Waals surface area (Å²) >= 11 is 0. The molecule has 3 nitrogen and oxygen atoms in total. The summed E-state index contributed by atoms with van der Waals surface area (Å²) in [4.78, 5) is 11.5. The molecule has 1 aliphatic rings. The highest BCUT2D eigenvalue weighted by molar-refractivity contribution is 5.76. The zero-order valence-electron chi connectivity index (χ0n) is 8.70. The van der Waals surface area contributed by atoms with Crippen LogP contribution in [0.15, 0.2) is 30.3 Å². The molecule has 0 unspecified atom stereocenters. The molecule has 1 amide bonds. The monoisotopic (exact) mass is 204 g/mol. The molecule has 1 saturated heterocycles. The van der Waals surface area contributed by atoms with Crippen LogP contribution < -0.4 is 10.6 Å². The third-order valence-electron chi connectivity index (χ3n) is 2.66. The Morgan fingerprint density at radius 3 is 2.73 bits per heavy atom. The van der Waals surface area contributed by atoms with Crippen LogP contribution in [-0.2, 0) is 4.79 Å². The number of rotatable bonds is 1. The summed E-state index contributed by atoms with van der Waals surface area (Å²) in [6.07, 6.45) is 1.53. The molecule has 1 heterocycles. The Morgan fingerprint density at radius 2 is 1.93 bits per heavy atom. The van der Waals surface area contributed by atoms with Crippen LogP contribution in [-0.4, -0.2) is 19.0 Å². The maximum absolute atomic E-state index is 11.5. The number of hydrogen-bond acceptors (Lipinski definition) is 2. The molecule has 0 spiro atoms. The van der Waals surface area contributed by atoms with Crippen LogP contribution in [0.1, 0.15) is 24.4 Å². The second-order valence-electron chi connectivity index (χ2n) is 3.83. The van der Waals surface area contributed by atoms with Gasteiger partial charge in [0.05, 0.1) is 0 Å². The highest BCUT2D eigenvalue weighted by Gasteiger charge is 2.16. The molecule has 0 aromatic heterocycles. The van der Waals surface area contributed by atoms with Gasteiger partial charge in [0.25, 0.3) is 0 Å². The van der Waals surface area contributed by atoms with E-state index in [9.17, 15) is 4.79 Å². The molecule has 15 heavy (non-hydrogen) atoms. The van der Waals surface area contributed by atoms with Crippen LogP contribution in [0.3, 0.4) is 0 Å². The Kier molecular flexibility index (Phi) is 3.35. The van der Waals surface area contributed by atoms with Crippen molar-refractivity contribution in [1.29, 1.82) is 0 Å². The first kappa shape index (κ1) is 10.2. The zero-order chi connectivity index (χ0) is 10.5. The summed E-state index contributed by atoms with van der Waals surface area (Å²) in [6.45, 7) is 1.74. The van der Waals surface area contributed by atoms with Gasteiger partial charge in [0, 0.05) is 19.0 Å². The lowest BCUT2D eigenvalue weighted by atomic mass is 10.0. The zero-order valence-corrected chi connectivity index (χ0v) is 8.70. The second kappa shape index (κ2) is 4.94. The van der Waals surface area contributed by atoms with Crippen LogP contribution in [0.2, 0.25) is 0 Å². The van der Waals surface area contributed by atoms with Gasteiger partial charge < -0.3 is 10.6 Å². The van der Waals surface area contributed by atoms with Gasteiger partial charge in [0.2, 0.25) is 5.91 Å². The van der Waals surface area contributed by atoms with Crippen molar-refractivity contribution in [2.75, 3.05) is 13.1 Å². The summed E-state index contributed by atoms with van der Waals surface area (Å²) in [5.41, 5.74) is 1.19. The second-order valence-corrected chi connectivity index (χ2v) is 3.83. The summed E-state index contributed by atoms with van der Waals surface area (Å²) in [5, 5.41) is 6.31. The Morgan fingerprint density at radius 1 is 1.13 bits per heavy atom. The molecule has 0 aliphatic carbocycles. The summed E-state index contributed by atoms with van der Waals surface area (Å²) in [6, 6.07) is 10.3. The van der Waals surface area contributed by atoms with Crippen molar-refractivity contribution in [2.24, 2.45) is 0 Å². The molecule has 0 radical (unpaired) electrons. The quantitative estimate of drug-likeness (QED) is 0.722.